The van der Waals surface area contributed by atoms with Gasteiger partial charge in [0, 0.05) is 12.3 Å². The Bertz CT molecular complexity index is 842. The van der Waals surface area contributed by atoms with E-state index < -0.39 is 0 Å². The lowest BCUT2D eigenvalue weighted by atomic mass is 9.32. The topological polar surface area (TPSA) is 26.3 Å². The van der Waals surface area contributed by atoms with Gasteiger partial charge in [0.2, 0.25) is 0 Å². The van der Waals surface area contributed by atoms with Crippen LogP contribution in [0, 0.1) is 56.2 Å². The highest BCUT2D eigenvalue weighted by Gasteiger charge is 2.69. The van der Waals surface area contributed by atoms with E-state index >= 15 is 0 Å². The summed E-state index contributed by atoms with van der Waals surface area (Å²) in [6.07, 6.45) is 15.1. The number of ether oxygens (including phenoxy) is 1. The van der Waals surface area contributed by atoms with Crippen LogP contribution in [-0.2, 0) is 9.53 Å². The summed E-state index contributed by atoms with van der Waals surface area (Å²) in [6, 6.07) is 0. The Balaban J connectivity index is 1.48. The Morgan fingerprint density at radius 1 is 0.618 bits per heavy atom. The molecule has 0 amide bonds. The Labute approximate surface area is 210 Å². The van der Waals surface area contributed by atoms with Crippen LogP contribution in [0.3, 0.4) is 0 Å². The summed E-state index contributed by atoms with van der Waals surface area (Å²) in [5.41, 5.74) is 2.49. The van der Waals surface area contributed by atoms with Crippen molar-refractivity contribution in [1.82, 2.24) is 0 Å². The summed E-state index contributed by atoms with van der Waals surface area (Å²) < 4.78 is 5.91. The Morgan fingerprint density at radius 2 is 1.12 bits per heavy atom. The van der Waals surface area contributed by atoms with Gasteiger partial charge in [-0.1, -0.05) is 55.4 Å². The SMILES string of the molecule is CC(=O)OC1CCC2(C)C(CCC3(C)C4CCC5(C)CCC(C)(C)CC5C4(C)CCC23)C1(C)C. The Morgan fingerprint density at radius 3 is 1.74 bits per heavy atom. The zero-order chi connectivity index (χ0) is 24.9. The second kappa shape index (κ2) is 7.50. The fraction of sp³-hybridized carbons (Fsp3) is 0.969. The number of fused-ring (bicyclic) bond motifs is 7. The van der Waals surface area contributed by atoms with Crippen molar-refractivity contribution in [3.05, 3.63) is 0 Å². The van der Waals surface area contributed by atoms with Gasteiger partial charge in [0.25, 0.3) is 0 Å². The molecule has 0 aliphatic heterocycles. The van der Waals surface area contributed by atoms with Gasteiger partial charge in [-0.15, -0.1) is 0 Å². The van der Waals surface area contributed by atoms with E-state index in [9.17, 15) is 4.79 Å². The normalized spacial score (nSPS) is 53.5. The highest BCUT2D eigenvalue weighted by molar-refractivity contribution is 5.66. The molecule has 0 spiro atoms. The van der Waals surface area contributed by atoms with E-state index in [1.165, 1.54) is 64.2 Å². The van der Waals surface area contributed by atoms with Crippen LogP contribution in [-0.4, -0.2) is 12.1 Å². The van der Waals surface area contributed by atoms with Crippen molar-refractivity contribution in [2.24, 2.45) is 56.2 Å². The van der Waals surface area contributed by atoms with Crippen molar-refractivity contribution in [2.75, 3.05) is 0 Å². The zero-order valence-electron chi connectivity index (χ0n) is 24.0. The summed E-state index contributed by atoms with van der Waals surface area (Å²) in [6.45, 7) is 22.3. The summed E-state index contributed by atoms with van der Waals surface area (Å²) in [7, 11) is 0. The third-order valence-electron chi connectivity index (χ3n) is 13.7. The third kappa shape index (κ3) is 3.34. The molecule has 2 nitrogen and oxygen atoms in total. The maximum Gasteiger partial charge on any atom is 0.302 e. The van der Waals surface area contributed by atoms with Crippen molar-refractivity contribution in [2.45, 2.75) is 139 Å². The highest BCUT2D eigenvalue weighted by atomic mass is 16.5. The molecule has 0 N–H and O–H groups in total. The molecule has 0 aromatic heterocycles. The third-order valence-corrected chi connectivity index (χ3v) is 13.7. The van der Waals surface area contributed by atoms with Gasteiger partial charge in [0.1, 0.15) is 6.10 Å². The first-order valence-corrected chi connectivity index (χ1v) is 14.8. The van der Waals surface area contributed by atoms with E-state index in [1.54, 1.807) is 6.92 Å². The van der Waals surface area contributed by atoms with Crippen molar-refractivity contribution >= 4 is 5.97 Å². The number of esters is 1. The van der Waals surface area contributed by atoms with E-state index in [1.807, 2.05) is 0 Å². The molecule has 0 bridgehead atoms. The summed E-state index contributed by atoms with van der Waals surface area (Å²) in [5.74, 6) is 3.13. The molecule has 194 valence electrons. The van der Waals surface area contributed by atoms with E-state index in [0.29, 0.717) is 33.0 Å². The quantitative estimate of drug-likeness (QED) is 0.358. The first kappa shape index (κ1) is 25.1. The highest BCUT2D eigenvalue weighted by Crippen LogP contribution is 2.76. The molecular weight excluding hydrogens is 416 g/mol. The molecule has 5 saturated carbocycles. The van der Waals surface area contributed by atoms with Gasteiger partial charge in [-0.25, -0.2) is 0 Å². The van der Waals surface area contributed by atoms with Crippen LogP contribution < -0.4 is 0 Å². The van der Waals surface area contributed by atoms with E-state index in [-0.39, 0.29) is 17.5 Å². The predicted octanol–water partition coefficient (Wildman–Crippen LogP) is 8.82. The molecule has 5 fully saturated rings. The van der Waals surface area contributed by atoms with Gasteiger partial charge in [0.15, 0.2) is 0 Å². The summed E-state index contributed by atoms with van der Waals surface area (Å²) in [4.78, 5) is 11.9. The van der Waals surface area contributed by atoms with Crippen LogP contribution in [0.15, 0.2) is 0 Å². The van der Waals surface area contributed by atoms with Crippen LogP contribution in [0.25, 0.3) is 0 Å². The fourth-order valence-electron chi connectivity index (χ4n) is 12.0. The largest absolute Gasteiger partial charge is 0.462 e. The predicted molar refractivity (Wildman–Crippen MR) is 140 cm³/mol. The van der Waals surface area contributed by atoms with Crippen molar-refractivity contribution in [3.8, 4) is 0 Å². The minimum absolute atomic E-state index is 0.0687. The van der Waals surface area contributed by atoms with Crippen LogP contribution in [0.5, 0.6) is 0 Å². The number of hydrogen-bond donors (Lipinski definition) is 0. The number of rotatable bonds is 1. The lowest BCUT2D eigenvalue weighted by molar-refractivity contribution is -0.247. The molecule has 2 heteroatoms. The molecule has 34 heavy (non-hydrogen) atoms. The van der Waals surface area contributed by atoms with Crippen molar-refractivity contribution in [1.29, 1.82) is 0 Å². The molecule has 0 aromatic carbocycles. The van der Waals surface area contributed by atoms with Crippen molar-refractivity contribution in [3.63, 3.8) is 0 Å². The molecule has 0 radical (unpaired) electrons. The van der Waals surface area contributed by atoms with Gasteiger partial charge in [-0.3, -0.25) is 4.79 Å². The first-order chi connectivity index (χ1) is 15.6. The number of hydrogen-bond acceptors (Lipinski definition) is 2. The first-order valence-electron chi connectivity index (χ1n) is 14.8. The Kier molecular flexibility index (Phi) is 5.55. The lowest BCUT2D eigenvalue weighted by Crippen LogP contribution is -2.66. The monoisotopic (exact) mass is 470 g/mol. The average molecular weight is 471 g/mol. The van der Waals surface area contributed by atoms with E-state index in [0.717, 1.165) is 24.2 Å². The van der Waals surface area contributed by atoms with Crippen LogP contribution in [0.1, 0.15) is 133 Å². The van der Waals surface area contributed by atoms with E-state index in [4.69, 9.17) is 4.74 Å². The minimum Gasteiger partial charge on any atom is -0.462 e. The number of carbonyl (C=O) groups is 1. The van der Waals surface area contributed by atoms with Gasteiger partial charge in [-0.2, -0.15) is 0 Å². The van der Waals surface area contributed by atoms with E-state index in [2.05, 4.69) is 55.4 Å². The molecule has 0 heterocycles. The standard InChI is InChI=1S/C32H54O2/c1-21(33)34-26-13-17-30(7)22(28(26,4)5)11-15-31(8)23-10-14-29(6)19-18-27(2,3)20-25(29)32(23,9)16-12-24(30)31/h22-26H,10-20H2,1-9H3. The van der Waals surface area contributed by atoms with Gasteiger partial charge in [-0.05, 0) is 121 Å². The van der Waals surface area contributed by atoms with Gasteiger partial charge < -0.3 is 4.74 Å². The molecule has 0 aromatic rings. The zero-order valence-corrected chi connectivity index (χ0v) is 24.0. The second-order valence-corrected chi connectivity index (χ2v) is 16.3. The van der Waals surface area contributed by atoms with Crippen molar-refractivity contribution < 1.29 is 9.53 Å². The Hall–Kier alpha value is -0.530. The average Bonchev–Trinajstić information content (AvgIpc) is 2.70. The molecule has 5 aliphatic rings. The van der Waals surface area contributed by atoms with Crippen LogP contribution >= 0.6 is 0 Å². The molecular formula is C32H54O2. The lowest BCUT2D eigenvalue weighted by Gasteiger charge is -2.73. The smallest absolute Gasteiger partial charge is 0.302 e. The molecule has 9 unspecified atom stereocenters. The summed E-state index contributed by atoms with van der Waals surface area (Å²) in [5, 5.41) is 0. The fourth-order valence-corrected chi connectivity index (χ4v) is 12.0. The maximum absolute atomic E-state index is 11.9. The van der Waals surface area contributed by atoms with Gasteiger partial charge >= 0.3 is 5.97 Å². The van der Waals surface area contributed by atoms with Crippen LogP contribution in [0.2, 0.25) is 0 Å². The van der Waals surface area contributed by atoms with Crippen LogP contribution in [0.4, 0.5) is 0 Å². The maximum atomic E-state index is 11.9. The molecule has 5 aliphatic carbocycles. The second-order valence-electron chi connectivity index (χ2n) is 16.3. The van der Waals surface area contributed by atoms with Gasteiger partial charge in [0.05, 0.1) is 0 Å². The molecule has 9 atom stereocenters. The number of carbonyl (C=O) groups excluding carboxylic acids is 1. The summed E-state index contributed by atoms with van der Waals surface area (Å²) >= 11 is 0. The molecule has 0 saturated heterocycles. The minimum atomic E-state index is -0.101. The molecule has 5 rings (SSSR count).